The quantitative estimate of drug-likeness (QED) is 0.00976. The number of hydrogen-bond acceptors (Lipinski definition) is 18. The van der Waals surface area contributed by atoms with Gasteiger partial charge >= 0.3 is 11.9 Å². The molecule has 5 aliphatic rings. The maximum absolute atomic E-state index is 14.1. The van der Waals surface area contributed by atoms with Crippen molar-refractivity contribution in [2.24, 2.45) is 0 Å². The monoisotopic (exact) mass is 2190 g/mol. The second-order valence-electron chi connectivity index (χ2n) is 32.1. The molecule has 0 radical (unpaired) electrons. The van der Waals surface area contributed by atoms with E-state index in [0.717, 1.165) is 45.3 Å². The van der Waals surface area contributed by atoms with Gasteiger partial charge in [-0.3, -0.25) is 18.5 Å². The molecule has 120 heavy (non-hydrogen) atoms. The maximum Gasteiger partial charge on any atom is 0.355 e. The molecular weight excluding hydrogens is 2070 g/mol. The van der Waals surface area contributed by atoms with Gasteiger partial charge in [-0.15, -0.1) is 5.06 Å². The highest BCUT2D eigenvalue weighted by molar-refractivity contribution is 14.1. The minimum absolute atomic E-state index is 0.0173. The van der Waals surface area contributed by atoms with Crippen LogP contribution in [0.3, 0.4) is 0 Å². The van der Waals surface area contributed by atoms with E-state index in [1.165, 1.54) is 64.4 Å². The lowest BCUT2D eigenvalue weighted by atomic mass is 9.77. The van der Waals surface area contributed by atoms with E-state index in [2.05, 4.69) is 212 Å². The number of imide groups is 1. The summed E-state index contributed by atoms with van der Waals surface area (Å²) in [5, 5.41) is 10.9. The molecule has 24 nitrogen and oxygen atoms in total. The Morgan fingerprint density at radius 2 is 0.958 bits per heavy atom. The van der Waals surface area contributed by atoms with E-state index in [4.69, 9.17) is 6.21 Å². The number of hydrogen-bond donors (Lipinski definition) is 3. The lowest BCUT2D eigenvalue weighted by Gasteiger charge is -2.34. The van der Waals surface area contributed by atoms with Crippen LogP contribution in [0.15, 0.2) is 167 Å². The van der Waals surface area contributed by atoms with Crippen molar-refractivity contribution >= 4 is 189 Å². The van der Waals surface area contributed by atoms with E-state index < -0.39 is 116 Å². The van der Waals surface area contributed by atoms with Gasteiger partial charge in [0.1, 0.15) is 46.4 Å². The lowest BCUT2D eigenvalue weighted by molar-refractivity contribution is -0.940. The average molecular weight is 2190 g/mol. The molecule has 5 aliphatic heterocycles. The molecule has 4 aromatic rings. The summed E-state index contributed by atoms with van der Waals surface area (Å²) in [6.45, 7) is 28.9. The Hall–Kier alpha value is -5.73. The predicted octanol–water partition coefficient (Wildman–Crippen LogP) is 16.1. The number of halogens is 5. The Bertz CT molecular complexity index is 5290. The first-order chi connectivity index (χ1) is 56.4. The van der Waals surface area contributed by atoms with Crippen LogP contribution in [0.1, 0.15) is 204 Å². The van der Waals surface area contributed by atoms with Gasteiger partial charge in [0.05, 0.1) is 74.8 Å². The number of carbonyl (C=O) groups is 4. The number of alkyl halides is 1. The summed E-state index contributed by atoms with van der Waals surface area (Å²) < 4.78 is 164. The Morgan fingerprint density at radius 1 is 0.583 bits per heavy atom. The molecule has 9 rings (SSSR count). The fourth-order valence-electron chi connectivity index (χ4n) is 16.6. The van der Waals surface area contributed by atoms with Crippen LogP contribution in [0.2, 0.25) is 0 Å². The molecule has 2 amide bonds. The second kappa shape index (κ2) is 43.9. The summed E-state index contributed by atoms with van der Waals surface area (Å²) in [4.78, 5) is 61.3. The first-order valence-electron chi connectivity index (χ1n) is 40.4. The first-order valence-corrected chi connectivity index (χ1v) is 50.0. The number of quaternary nitrogens is 1. The summed E-state index contributed by atoms with van der Waals surface area (Å²) in [7, 11) is -15.3. The summed E-state index contributed by atoms with van der Waals surface area (Å²) >= 11 is 9.45. The summed E-state index contributed by atoms with van der Waals surface area (Å²) in [6, 6.07) is 16.0. The molecule has 33 heteroatoms. The Morgan fingerprint density at radius 3 is 1.31 bits per heavy atom. The van der Waals surface area contributed by atoms with Crippen molar-refractivity contribution in [1.82, 2.24) is 5.06 Å². The van der Waals surface area contributed by atoms with Crippen LogP contribution >= 0.6 is 90.4 Å². The zero-order valence-corrected chi connectivity index (χ0v) is 82.5. The minimum atomic E-state index is -4.92. The number of unbranched alkanes of at least 4 members (excludes halogenated alkanes) is 4. The van der Waals surface area contributed by atoms with Crippen LogP contribution in [0.4, 0.5) is 27.1 Å². The number of anilines is 2. The number of carboxylic acids is 1. The van der Waals surface area contributed by atoms with Crippen molar-refractivity contribution in [3.05, 3.63) is 194 Å². The van der Waals surface area contributed by atoms with Crippen molar-refractivity contribution in [2.75, 3.05) is 49.1 Å². The zero-order chi connectivity index (χ0) is 90.9. The number of nitrogens with one attached hydrogen (secondary N) is 1. The maximum atomic E-state index is 14.1. The van der Waals surface area contributed by atoms with Gasteiger partial charge in [-0.05, 0) is 277 Å². The van der Waals surface area contributed by atoms with Gasteiger partial charge in [-0.2, -0.15) is 17.6 Å². The van der Waals surface area contributed by atoms with Gasteiger partial charge in [0.15, 0.2) is 11.4 Å². The number of nitrogens with zero attached hydrogens (tertiary/aromatic N) is 5. The Balaban J connectivity index is 0.000000332. The van der Waals surface area contributed by atoms with Crippen molar-refractivity contribution in [2.45, 2.75) is 236 Å². The van der Waals surface area contributed by atoms with Gasteiger partial charge in [-0.25, -0.2) is 34.8 Å². The van der Waals surface area contributed by atoms with Gasteiger partial charge in [0.2, 0.25) is 11.4 Å². The predicted molar refractivity (Wildman–Crippen MR) is 500 cm³/mol. The highest BCUT2D eigenvalue weighted by Gasteiger charge is 2.51. The highest BCUT2D eigenvalue weighted by atomic mass is 127. The summed E-state index contributed by atoms with van der Waals surface area (Å²) in [6.07, 6.45) is 30.4. The third-order valence-corrected chi connectivity index (χ3v) is 28.6. The van der Waals surface area contributed by atoms with E-state index in [-0.39, 0.29) is 55.8 Å². The Labute approximate surface area is 765 Å². The smallest absolute Gasteiger partial charge is 0.355 e. The normalized spacial score (nSPS) is 19.7. The molecule has 4 atom stereocenters. The number of carboxylic acid groups (broad SMARTS) is 1. The van der Waals surface area contributed by atoms with Gasteiger partial charge in [0, 0.05) is 90.8 Å². The van der Waals surface area contributed by atoms with Crippen molar-refractivity contribution in [3.8, 4) is 0 Å². The summed E-state index contributed by atoms with van der Waals surface area (Å²) in [5.41, 5.74) is 7.50. The molecular formula is C87H113FI4N6O18S4. The van der Waals surface area contributed by atoms with Crippen molar-refractivity contribution in [1.29, 1.82) is 0 Å². The highest BCUT2D eigenvalue weighted by Crippen LogP contribution is 2.55. The topological polar surface area (TPSA) is 344 Å². The average Bonchev–Trinajstić information content (AvgIpc) is 1.58. The van der Waals surface area contributed by atoms with E-state index in [1.54, 1.807) is 52.0 Å². The van der Waals surface area contributed by atoms with Crippen LogP contribution in [0.25, 0.3) is 0 Å². The van der Waals surface area contributed by atoms with E-state index in [1.807, 2.05) is 63.3 Å². The molecule has 0 spiro atoms. The van der Waals surface area contributed by atoms with Crippen LogP contribution in [0, 0.1) is 14.3 Å². The number of hydroxylamine groups is 2. The van der Waals surface area contributed by atoms with Gasteiger partial charge in [0.25, 0.3) is 21.9 Å². The molecule has 658 valence electrons. The SMILES string of the molecule is CCCCC(C(=O)O)N1\C(=C/C=C/C=C/C=C/C2=[N+](C)c3cc(I)cc(I)c3C2(C)C)C(C)(CCCCS(=O)(=O)O)c2cc(S(=O)(=O)[O-])ccc21.CCCCC(C(=O)ON1C(=O)CCC1=O)N1\C(=C/C=C/C=C/C=C/C2=[N+](C)c3cc(I)cc(I)c3C2(C)C)C(C)(CCCCS(=O)(=O)[O-])c2cc(S(=O)(=O)[O-])ccc21.CC[NH+](C(C)C)C(C)C.[2H]CF. The standard InChI is InChI=1S/C41H47I2N3O10S2.C37H44I2N2O8S2.C8H19N.CH3F/c1-6-7-15-32(39(49)56-46-36(47)20-21-37(46)48)45-31-19-18-28(58(53,54)55)26-29(31)41(4,22-13-14-23-57(50,51)52)35(45)17-12-10-8-9-11-16-34-40(2,3)38-30(43)24-27(42)25-33(38)44(34)5;1-6-7-15-30(35(42)43)41-29-19-18-26(51(47,48)49)24-27(29)37(4,20-13-14-21-50(44,45)46)33(41)17-12-10-8-9-11-16-32-36(2,3)34-28(39)22-25(38)23-31(34)40(32)5;1-6-9(7(2)3)8(4)5;1-2/h8-12,16-19,24-26,32H,6-7,13-15,20-23H2,1-5H3,(H-,50,51,52,53,54,55);8-12,16-19,22-24,30H,6-7,13-15,20-21H2,1-5H3,(H2-,42,43,44,45,46,47,48,49);7-8H,6H2,1-5H3;1H3/i;;;1D. The second-order valence-corrected chi connectivity index (χ2v) is 42.8. The van der Waals surface area contributed by atoms with Crippen LogP contribution < -0.4 is 14.7 Å². The van der Waals surface area contributed by atoms with Gasteiger partial charge < -0.3 is 38.3 Å². The molecule has 1 saturated heterocycles. The fourth-order valence-corrected chi connectivity index (χ4v) is 23.7. The molecule has 0 aromatic heterocycles. The van der Waals surface area contributed by atoms with Gasteiger partial charge in [-0.1, -0.05) is 113 Å². The first kappa shape index (κ1) is 101. The van der Waals surface area contributed by atoms with E-state index in [9.17, 15) is 80.6 Å². The number of aliphatic carboxylic acids is 1. The van der Waals surface area contributed by atoms with E-state index in [0.29, 0.717) is 77.5 Å². The number of rotatable bonds is 34. The Kier molecular flexibility index (Phi) is 37.1. The molecule has 1 fully saturated rings. The molecule has 4 aromatic carbocycles. The number of carbonyl (C=O) groups excluding carboxylic acids is 3. The van der Waals surface area contributed by atoms with Crippen molar-refractivity contribution in [3.63, 3.8) is 0 Å². The van der Waals surface area contributed by atoms with E-state index >= 15 is 0 Å². The number of allylic oxidation sites excluding steroid dienone is 16. The molecule has 0 saturated carbocycles. The largest absolute Gasteiger partial charge is 0.748 e. The van der Waals surface area contributed by atoms with Crippen LogP contribution in [-0.4, -0.2) is 170 Å². The lowest BCUT2D eigenvalue weighted by Crippen LogP contribution is -3.17. The fraction of sp³-hybridized carbons (Fsp3) is 0.471. The third-order valence-electron chi connectivity index (χ3n) is 22.4. The molecule has 0 bridgehead atoms. The summed E-state index contributed by atoms with van der Waals surface area (Å²) in [5.74, 6) is -4.27. The molecule has 4 unspecified atom stereocenters. The van der Waals surface area contributed by atoms with Crippen LogP contribution in [-0.2, 0) is 86.1 Å². The zero-order valence-electron chi connectivity index (χ0n) is 71.6. The third kappa shape index (κ3) is 25.5. The number of amides is 2. The molecule has 3 N–H and O–H groups in total. The minimum Gasteiger partial charge on any atom is -0.748 e. The van der Waals surface area contributed by atoms with Crippen LogP contribution in [0.5, 0.6) is 0 Å². The number of fused-ring (bicyclic) bond motifs is 4. The number of benzene rings is 4. The van der Waals surface area contributed by atoms with Crippen molar-refractivity contribution < 1.29 is 101 Å². The molecule has 5 heterocycles. The molecule has 0 aliphatic carbocycles.